The number of fused-ring (bicyclic) bond motifs is 1. The Morgan fingerprint density at radius 3 is 2.70 bits per heavy atom. The molecular weight excluding hydrogens is 424 g/mol. The number of carbonyl (C=O) groups is 2. The van der Waals surface area contributed by atoms with E-state index in [9.17, 15) is 9.59 Å². The van der Waals surface area contributed by atoms with E-state index >= 15 is 0 Å². The van der Waals surface area contributed by atoms with Gasteiger partial charge >= 0.3 is 12.0 Å². The second-order valence-electron chi connectivity index (χ2n) is 8.00. The molecule has 0 fully saturated rings. The fourth-order valence-corrected chi connectivity index (χ4v) is 4.61. The Bertz CT molecular complexity index is 1080. The normalized spacial score (nSPS) is 20.5. The van der Waals surface area contributed by atoms with Crippen molar-refractivity contribution in [2.75, 3.05) is 33.9 Å². The predicted molar refractivity (Wildman–Crippen MR) is 122 cm³/mol. The van der Waals surface area contributed by atoms with Crippen LogP contribution in [-0.2, 0) is 16.1 Å². The molecule has 2 N–H and O–H groups in total. The van der Waals surface area contributed by atoms with Crippen molar-refractivity contribution < 1.29 is 23.8 Å². The maximum Gasteiger partial charge on any atom is 0.338 e. The second-order valence-corrected chi connectivity index (χ2v) is 8.00. The molecule has 9 nitrogen and oxygen atoms in total. The number of ether oxygens (including phenoxy) is 3. The summed E-state index contributed by atoms with van der Waals surface area (Å²) >= 11 is 0. The van der Waals surface area contributed by atoms with Gasteiger partial charge in [0, 0.05) is 48.8 Å². The lowest BCUT2D eigenvalue weighted by atomic mass is 9.93. The molecule has 9 heteroatoms. The standard InChI is InChI=1S/C24H30N4O5/c1-5-33-23(29)20-17(14-28-13-12-27-11-7-9-18(27)15(28)2)25-24(30)26-21(20)16-8-6-10-19(31-3)22(16)32-4/h6-11,15,21H,5,12-14H2,1-4H3,(H2,25,26,30)/t15-,21+/m0/s1. The van der Waals surface area contributed by atoms with Crippen LogP contribution in [0.5, 0.6) is 11.5 Å². The van der Waals surface area contributed by atoms with Gasteiger partial charge in [0.25, 0.3) is 0 Å². The minimum absolute atomic E-state index is 0.126. The minimum atomic E-state index is -0.748. The molecule has 0 spiro atoms. The summed E-state index contributed by atoms with van der Waals surface area (Å²) in [5.41, 5.74) is 2.70. The lowest BCUT2D eigenvalue weighted by Crippen LogP contribution is -2.49. The molecular formula is C24H30N4O5. The molecule has 4 rings (SSSR count). The molecule has 2 aromatic rings. The van der Waals surface area contributed by atoms with Gasteiger partial charge in [-0.3, -0.25) is 4.90 Å². The van der Waals surface area contributed by atoms with Gasteiger partial charge in [-0.05, 0) is 32.0 Å². The van der Waals surface area contributed by atoms with Gasteiger partial charge in [-0.25, -0.2) is 9.59 Å². The van der Waals surface area contributed by atoms with E-state index in [1.807, 2.05) is 12.1 Å². The molecule has 0 saturated heterocycles. The number of esters is 1. The summed E-state index contributed by atoms with van der Waals surface area (Å²) in [6.45, 7) is 6.14. The average Bonchev–Trinajstić information content (AvgIpc) is 3.29. The quantitative estimate of drug-likeness (QED) is 0.625. The molecule has 1 aromatic carbocycles. The number of nitrogens with one attached hydrogen (secondary N) is 2. The fraction of sp³-hybridized carbons (Fsp3) is 0.417. The van der Waals surface area contributed by atoms with Crippen LogP contribution in [-0.4, -0.2) is 55.4 Å². The average molecular weight is 455 g/mol. The van der Waals surface area contributed by atoms with Gasteiger partial charge in [0.1, 0.15) is 0 Å². The van der Waals surface area contributed by atoms with Crippen LogP contribution >= 0.6 is 0 Å². The number of hydrogen-bond donors (Lipinski definition) is 2. The van der Waals surface area contributed by atoms with Crippen molar-refractivity contribution in [1.82, 2.24) is 20.1 Å². The number of aromatic nitrogens is 1. The summed E-state index contributed by atoms with van der Waals surface area (Å²) in [4.78, 5) is 28.1. The van der Waals surface area contributed by atoms with Gasteiger partial charge in [-0.2, -0.15) is 0 Å². The summed E-state index contributed by atoms with van der Waals surface area (Å²) in [7, 11) is 3.08. The maximum atomic E-state index is 13.2. The SMILES string of the molecule is CCOC(=O)C1=C(CN2CCn3cccc3[C@@H]2C)NC(=O)N[C@@H]1c1cccc(OC)c1OC. The van der Waals surface area contributed by atoms with Crippen LogP contribution in [0, 0.1) is 0 Å². The number of rotatable bonds is 7. The van der Waals surface area contributed by atoms with E-state index in [4.69, 9.17) is 14.2 Å². The number of para-hydroxylation sites is 1. The molecule has 33 heavy (non-hydrogen) atoms. The summed E-state index contributed by atoms with van der Waals surface area (Å²) in [5.74, 6) is 0.485. The van der Waals surface area contributed by atoms with Crippen molar-refractivity contribution in [3.63, 3.8) is 0 Å². The van der Waals surface area contributed by atoms with E-state index in [0.29, 0.717) is 34.9 Å². The van der Waals surface area contributed by atoms with Gasteiger partial charge in [0.05, 0.1) is 32.4 Å². The summed E-state index contributed by atoms with van der Waals surface area (Å²) < 4.78 is 18.7. The Labute approximate surface area is 193 Å². The number of methoxy groups -OCH3 is 2. The third-order valence-electron chi connectivity index (χ3n) is 6.22. The van der Waals surface area contributed by atoms with Gasteiger partial charge in [0.15, 0.2) is 11.5 Å². The zero-order chi connectivity index (χ0) is 23.5. The molecule has 2 amide bonds. The van der Waals surface area contributed by atoms with E-state index in [1.165, 1.54) is 12.8 Å². The molecule has 176 valence electrons. The molecule has 0 bridgehead atoms. The Hall–Kier alpha value is -3.46. The fourth-order valence-electron chi connectivity index (χ4n) is 4.61. The Balaban J connectivity index is 1.77. The van der Waals surface area contributed by atoms with Gasteiger partial charge in [-0.15, -0.1) is 0 Å². The first-order valence-electron chi connectivity index (χ1n) is 11.1. The highest BCUT2D eigenvalue weighted by atomic mass is 16.5. The van der Waals surface area contributed by atoms with Gasteiger partial charge < -0.3 is 29.4 Å². The van der Waals surface area contributed by atoms with E-state index in [1.54, 1.807) is 26.2 Å². The van der Waals surface area contributed by atoms with E-state index in [0.717, 1.165) is 13.1 Å². The lowest BCUT2D eigenvalue weighted by molar-refractivity contribution is -0.139. The largest absolute Gasteiger partial charge is 0.493 e. The molecule has 0 saturated carbocycles. The number of amides is 2. The third kappa shape index (κ3) is 4.28. The molecule has 2 atom stereocenters. The molecule has 0 aliphatic carbocycles. The van der Waals surface area contributed by atoms with E-state index < -0.39 is 12.0 Å². The van der Waals surface area contributed by atoms with Crippen LogP contribution in [0.15, 0.2) is 47.8 Å². The highest BCUT2D eigenvalue weighted by Gasteiger charge is 2.37. The predicted octanol–water partition coefficient (Wildman–Crippen LogP) is 2.75. The zero-order valence-corrected chi connectivity index (χ0v) is 19.4. The number of carbonyl (C=O) groups excluding carboxylic acids is 2. The Kier molecular flexibility index (Phi) is 6.60. The highest BCUT2D eigenvalue weighted by Crippen LogP contribution is 2.39. The van der Waals surface area contributed by atoms with Crippen LogP contribution < -0.4 is 20.1 Å². The summed E-state index contributed by atoms with van der Waals surface area (Å²) in [6, 6.07) is 8.51. The first-order chi connectivity index (χ1) is 16.0. The second kappa shape index (κ2) is 9.58. The zero-order valence-electron chi connectivity index (χ0n) is 19.4. The first-order valence-corrected chi connectivity index (χ1v) is 11.1. The summed E-state index contributed by atoms with van der Waals surface area (Å²) in [5, 5.41) is 5.74. The van der Waals surface area contributed by atoms with Crippen molar-refractivity contribution in [2.24, 2.45) is 0 Å². The smallest absolute Gasteiger partial charge is 0.338 e. The minimum Gasteiger partial charge on any atom is -0.493 e. The van der Waals surface area contributed by atoms with Crippen LogP contribution in [0.25, 0.3) is 0 Å². The Morgan fingerprint density at radius 2 is 1.97 bits per heavy atom. The Morgan fingerprint density at radius 1 is 1.15 bits per heavy atom. The molecule has 1 aromatic heterocycles. The summed E-state index contributed by atoms with van der Waals surface area (Å²) in [6.07, 6.45) is 2.07. The van der Waals surface area contributed by atoms with Crippen LogP contribution in [0.1, 0.15) is 37.2 Å². The van der Waals surface area contributed by atoms with Crippen LogP contribution in [0.3, 0.4) is 0 Å². The van der Waals surface area contributed by atoms with E-state index in [-0.39, 0.29) is 18.7 Å². The monoisotopic (exact) mass is 454 g/mol. The highest BCUT2D eigenvalue weighted by molar-refractivity contribution is 5.95. The number of hydrogen-bond acceptors (Lipinski definition) is 6. The first kappa shape index (κ1) is 22.7. The lowest BCUT2D eigenvalue weighted by Gasteiger charge is -2.37. The third-order valence-corrected chi connectivity index (χ3v) is 6.22. The molecule has 2 aliphatic rings. The van der Waals surface area contributed by atoms with Crippen molar-refractivity contribution in [2.45, 2.75) is 32.5 Å². The topological polar surface area (TPSA) is 94.1 Å². The van der Waals surface area contributed by atoms with E-state index in [2.05, 4.69) is 39.3 Å². The maximum absolute atomic E-state index is 13.2. The molecule has 2 aliphatic heterocycles. The van der Waals surface area contributed by atoms with Crippen LogP contribution in [0.4, 0.5) is 4.79 Å². The number of benzene rings is 1. The van der Waals surface area contributed by atoms with Crippen LogP contribution in [0.2, 0.25) is 0 Å². The molecule has 0 unspecified atom stereocenters. The van der Waals surface area contributed by atoms with Crippen molar-refractivity contribution in [3.8, 4) is 11.5 Å². The van der Waals surface area contributed by atoms with Crippen molar-refractivity contribution in [1.29, 1.82) is 0 Å². The molecule has 0 radical (unpaired) electrons. The molecule has 3 heterocycles. The number of urea groups is 1. The van der Waals surface area contributed by atoms with Crippen molar-refractivity contribution in [3.05, 3.63) is 59.1 Å². The number of nitrogens with zero attached hydrogens (tertiary/aromatic N) is 2. The van der Waals surface area contributed by atoms with Gasteiger partial charge in [0.2, 0.25) is 0 Å². The van der Waals surface area contributed by atoms with Crippen molar-refractivity contribution >= 4 is 12.0 Å². The van der Waals surface area contributed by atoms with Gasteiger partial charge in [-0.1, -0.05) is 12.1 Å².